The molecule has 3 nitrogen and oxygen atoms in total. The minimum absolute atomic E-state index is 0.691. The van der Waals surface area contributed by atoms with E-state index in [9.17, 15) is 0 Å². The Kier molecular flexibility index (Phi) is 2.74. The summed E-state index contributed by atoms with van der Waals surface area (Å²) in [7, 11) is 0. The molecule has 2 N–H and O–H groups in total. The zero-order chi connectivity index (χ0) is 10.5. The van der Waals surface area contributed by atoms with E-state index >= 15 is 0 Å². The molecule has 0 fully saturated rings. The lowest BCUT2D eigenvalue weighted by molar-refractivity contribution is 1.18. The van der Waals surface area contributed by atoms with E-state index in [1.165, 1.54) is 0 Å². The molecule has 15 heavy (non-hydrogen) atoms. The molecular formula is C12H11N3. The van der Waals surface area contributed by atoms with Crippen LogP contribution >= 0.6 is 0 Å². The van der Waals surface area contributed by atoms with Gasteiger partial charge in [-0.3, -0.25) is 9.97 Å². The van der Waals surface area contributed by atoms with Crippen LogP contribution in [0.2, 0.25) is 0 Å². The summed E-state index contributed by atoms with van der Waals surface area (Å²) in [5.74, 6) is 0. The molecule has 0 bridgehead atoms. The summed E-state index contributed by atoms with van der Waals surface area (Å²) < 4.78 is 0. The van der Waals surface area contributed by atoms with Crippen LogP contribution in [0.5, 0.6) is 0 Å². The fraction of sp³-hybridized carbons (Fsp3) is 0. The van der Waals surface area contributed by atoms with Crippen LogP contribution in [0.1, 0.15) is 11.3 Å². The molecule has 0 amide bonds. The zero-order valence-corrected chi connectivity index (χ0v) is 8.17. The van der Waals surface area contributed by atoms with Crippen molar-refractivity contribution < 1.29 is 0 Å². The minimum Gasteiger partial charge on any atom is -0.398 e. The molecule has 0 saturated heterocycles. The lowest BCUT2D eigenvalue weighted by Gasteiger charge is -2.00. The SMILES string of the molecule is N/C(=C\c1cnccn1)c1ccccc1. The van der Waals surface area contributed by atoms with Crippen LogP contribution < -0.4 is 5.73 Å². The molecule has 0 unspecified atom stereocenters. The van der Waals surface area contributed by atoms with Gasteiger partial charge in [-0.05, 0) is 11.6 Å². The van der Waals surface area contributed by atoms with E-state index in [-0.39, 0.29) is 0 Å². The van der Waals surface area contributed by atoms with Gasteiger partial charge in [0.15, 0.2) is 0 Å². The summed E-state index contributed by atoms with van der Waals surface area (Å²) in [5.41, 5.74) is 8.36. The van der Waals surface area contributed by atoms with Crippen molar-refractivity contribution >= 4 is 11.8 Å². The van der Waals surface area contributed by atoms with Gasteiger partial charge >= 0.3 is 0 Å². The van der Waals surface area contributed by atoms with Crippen molar-refractivity contribution in [3.8, 4) is 0 Å². The van der Waals surface area contributed by atoms with Crippen LogP contribution in [0, 0.1) is 0 Å². The summed E-state index contributed by atoms with van der Waals surface area (Å²) in [5, 5.41) is 0. The predicted molar refractivity (Wildman–Crippen MR) is 60.5 cm³/mol. The number of hydrogen-bond donors (Lipinski definition) is 1. The third kappa shape index (κ3) is 2.40. The van der Waals surface area contributed by atoms with E-state index in [2.05, 4.69) is 9.97 Å². The molecule has 2 aromatic rings. The van der Waals surface area contributed by atoms with Crippen LogP contribution in [-0.2, 0) is 0 Å². The van der Waals surface area contributed by atoms with Crippen molar-refractivity contribution in [3.05, 3.63) is 60.2 Å². The van der Waals surface area contributed by atoms with Gasteiger partial charge in [-0.1, -0.05) is 30.3 Å². The second-order valence-electron chi connectivity index (χ2n) is 3.10. The van der Waals surface area contributed by atoms with E-state index in [0.29, 0.717) is 5.70 Å². The highest BCUT2D eigenvalue weighted by Gasteiger charge is 1.95. The van der Waals surface area contributed by atoms with Gasteiger partial charge in [-0.2, -0.15) is 0 Å². The van der Waals surface area contributed by atoms with E-state index < -0.39 is 0 Å². The monoisotopic (exact) mass is 197 g/mol. The topological polar surface area (TPSA) is 51.8 Å². The zero-order valence-electron chi connectivity index (χ0n) is 8.17. The summed E-state index contributed by atoms with van der Waals surface area (Å²) in [4.78, 5) is 8.09. The molecule has 0 saturated carbocycles. The van der Waals surface area contributed by atoms with Gasteiger partial charge in [0.05, 0.1) is 11.9 Å². The van der Waals surface area contributed by atoms with Crippen LogP contribution in [0.4, 0.5) is 0 Å². The molecular weight excluding hydrogens is 186 g/mol. The minimum atomic E-state index is 0.691. The first-order valence-electron chi connectivity index (χ1n) is 4.65. The Morgan fingerprint density at radius 1 is 1.13 bits per heavy atom. The maximum atomic E-state index is 5.92. The van der Waals surface area contributed by atoms with Crippen LogP contribution in [0.15, 0.2) is 48.9 Å². The predicted octanol–water partition coefficient (Wildman–Crippen LogP) is 1.93. The highest BCUT2D eigenvalue weighted by atomic mass is 14.8. The molecule has 0 aliphatic rings. The van der Waals surface area contributed by atoms with Gasteiger partial charge in [0.25, 0.3) is 0 Å². The highest BCUT2D eigenvalue weighted by Crippen LogP contribution is 2.10. The van der Waals surface area contributed by atoms with Crippen molar-refractivity contribution in [2.45, 2.75) is 0 Å². The lowest BCUT2D eigenvalue weighted by atomic mass is 10.1. The number of hydrogen-bond acceptors (Lipinski definition) is 3. The van der Waals surface area contributed by atoms with E-state index in [0.717, 1.165) is 11.3 Å². The number of rotatable bonds is 2. The molecule has 0 radical (unpaired) electrons. The van der Waals surface area contributed by atoms with Gasteiger partial charge in [0, 0.05) is 18.1 Å². The first-order chi connectivity index (χ1) is 7.36. The Hall–Kier alpha value is -2.16. The average molecular weight is 197 g/mol. The van der Waals surface area contributed by atoms with Crippen molar-refractivity contribution in [2.75, 3.05) is 0 Å². The Morgan fingerprint density at radius 2 is 1.93 bits per heavy atom. The quantitative estimate of drug-likeness (QED) is 0.800. The maximum absolute atomic E-state index is 5.92. The number of benzene rings is 1. The highest BCUT2D eigenvalue weighted by molar-refractivity contribution is 5.77. The van der Waals surface area contributed by atoms with Gasteiger partial charge in [0.2, 0.25) is 0 Å². The van der Waals surface area contributed by atoms with Crippen molar-refractivity contribution in [1.29, 1.82) is 0 Å². The Morgan fingerprint density at radius 3 is 2.60 bits per heavy atom. The largest absolute Gasteiger partial charge is 0.398 e. The van der Waals surface area contributed by atoms with Crippen molar-refractivity contribution in [2.24, 2.45) is 5.73 Å². The standard InChI is InChI=1S/C12H11N3/c13-12(10-4-2-1-3-5-10)8-11-9-14-6-7-15-11/h1-9H,13H2/b12-8-. The summed E-state index contributed by atoms with van der Waals surface area (Å²) in [6.07, 6.45) is 6.76. The van der Waals surface area contributed by atoms with E-state index in [1.807, 2.05) is 36.4 Å². The maximum Gasteiger partial charge on any atom is 0.0833 e. The second kappa shape index (κ2) is 4.37. The van der Waals surface area contributed by atoms with Crippen LogP contribution in [-0.4, -0.2) is 9.97 Å². The van der Waals surface area contributed by atoms with Gasteiger partial charge in [-0.25, -0.2) is 0 Å². The number of nitrogens with two attached hydrogens (primary N) is 1. The van der Waals surface area contributed by atoms with Crippen LogP contribution in [0.25, 0.3) is 11.8 Å². The molecule has 1 aromatic heterocycles. The molecule has 0 aliphatic heterocycles. The normalized spacial score (nSPS) is 11.3. The molecule has 74 valence electrons. The van der Waals surface area contributed by atoms with E-state index in [4.69, 9.17) is 5.73 Å². The molecule has 1 heterocycles. The van der Waals surface area contributed by atoms with Gasteiger partial charge in [0.1, 0.15) is 0 Å². The average Bonchev–Trinajstić information content (AvgIpc) is 2.31. The van der Waals surface area contributed by atoms with Crippen molar-refractivity contribution in [1.82, 2.24) is 9.97 Å². The summed E-state index contributed by atoms with van der Waals surface area (Å²) in [6, 6.07) is 9.78. The first-order valence-corrected chi connectivity index (χ1v) is 4.65. The molecule has 3 heteroatoms. The number of aromatic nitrogens is 2. The summed E-state index contributed by atoms with van der Waals surface area (Å²) >= 11 is 0. The smallest absolute Gasteiger partial charge is 0.0833 e. The Bertz CT molecular complexity index is 449. The lowest BCUT2D eigenvalue weighted by Crippen LogP contribution is -1.96. The number of nitrogens with zero attached hydrogens (tertiary/aromatic N) is 2. The van der Waals surface area contributed by atoms with E-state index in [1.54, 1.807) is 18.6 Å². The molecule has 0 spiro atoms. The summed E-state index contributed by atoms with van der Waals surface area (Å²) in [6.45, 7) is 0. The molecule has 1 aromatic carbocycles. The van der Waals surface area contributed by atoms with Crippen LogP contribution in [0.3, 0.4) is 0 Å². The third-order valence-electron chi connectivity index (χ3n) is 1.99. The molecule has 0 aliphatic carbocycles. The third-order valence-corrected chi connectivity index (χ3v) is 1.99. The Labute approximate surface area is 88.3 Å². The van der Waals surface area contributed by atoms with Gasteiger partial charge < -0.3 is 5.73 Å². The van der Waals surface area contributed by atoms with Gasteiger partial charge in [-0.15, -0.1) is 0 Å². The fourth-order valence-electron chi connectivity index (χ4n) is 1.26. The van der Waals surface area contributed by atoms with Crippen molar-refractivity contribution in [3.63, 3.8) is 0 Å². The Balaban J connectivity index is 2.29. The fourth-order valence-corrected chi connectivity index (χ4v) is 1.26. The second-order valence-corrected chi connectivity index (χ2v) is 3.10. The molecule has 2 rings (SSSR count). The first kappa shape index (κ1) is 9.40. The molecule has 0 atom stereocenters.